The van der Waals surface area contributed by atoms with Crippen LogP contribution in [-0.4, -0.2) is 16.3 Å². The van der Waals surface area contributed by atoms with E-state index in [2.05, 4.69) is 15.9 Å². The van der Waals surface area contributed by atoms with Crippen molar-refractivity contribution in [3.05, 3.63) is 20.8 Å². The molecule has 2 atom stereocenters. The number of nitriles is 1. The molecular weight excluding hydrogens is 242 g/mol. The number of aliphatic hydroxyl groups is 2. The third kappa shape index (κ3) is 1.84. The van der Waals surface area contributed by atoms with Crippen molar-refractivity contribution in [3.63, 3.8) is 0 Å². The van der Waals surface area contributed by atoms with Crippen LogP contribution in [0.25, 0.3) is 0 Å². The van der Waals surface area contributed by atoms with Crippen molar-refractivity contribution in [1.82, 2.24) is 0 Å². The van der Waals surface area contributed by atoms with Crippen LogP contribution in [0.15, 0.2) is 15.2 Å². The molecule has 1 heterocycles. The second kappa shape index (κ2) is 4.01. The molecule has 64 valence electrons. The monoisotopic (exact) mass is 247 g/mol. The van der Waals surface area contributed by atoms with Crippen molar-refractivity contribution in [2.24, 2.45) is 0 Å². The summed E-state index contributed by atoms with van der Waals surface area (Å²) in [6.45, 7) is 0. The molecule has 1 aromatic rings. The van der Waals surface area contributed by atoms with Gasteiger partial charge in [-0.3, -0.25) is 0 Å². The van der Waals surface area contributed by atoms with Gasteiger partial charge in [0.1, 0.15) is 6.10 Å². The van der Waals surface area contributed by atoms with Crippen LogP contribution in [0, 0.1) is 11.3 Å². The Morgan fingerprint density at radius 1 is 1.50 bits per heavy atom. The zero-order chi connectivity index (χ0) is 9.14. The second-order valence-electron chi connectivity index (χ2n) is 2.19. The minimum Gasteiger partial charge on any atom is -0.384 e. The molecule has 0 saturated heterocycles. The first-order chi connectivity index (χ1) is 5.66. The van der Waals surface area contributed by atoms with E-state index >= 15 is 0 Å². The highest BCUT2D eigenvalue weighted by Gasteiger charge is 2.20. The van der Waals surface area contributed by atoms with Gasteiger partial charge >= 0.3 is 0 Å². The number of halogens is 1. The highest BCUT2D eigenvalue weighted by Crippen LogP contribution is 2.28. The molecular formula is C7H6BrNO2S. The van der Waals surface area contributed by atoms with Gasteiger partial charge in [-0.1, -0.05) is 0 Å². The van der Waals surface area contributed by atoms with Crippen LogP contribution < -0.4 is 0 Å². The van der Waals surface area contributed by atoms with E-state index in [1.165, 1.54) is 11.3 Å². The van der Waals surface area contributed by atoms with Crippen molar-refractivity contribution in [1.29, 1.82) is 5.26 Å². The average Bonchev–Trinajstić information content (AvgIpc) is 2.48. The van der Waals surface area contributed by atoms with E-state index in [1.807, 2.05) is 0 Å². The van der Waals surface area contributed by atoms with E-state index in [1.54, 1.807) is 16.8 Å². The van der Waals surface area contributed by atoms with Crippen molar-refractivity contribution in [2.75, 3.05) is 0 Å². The van der Waals surface area contributed by atoms with E-state index in [4.69, 9.17) is 10.4 Å². The van der Waals surface area contributed by atoms with E-state index in [9.17, 15) is 5.11 Å². The molecule has 0 aliphatic heterocycles. The van der Waals surface area contributed by atoms with Crippen LogP contribution in [0.4, 0.5) is 0 Å². The number of rotatable bonds is 2. The molecule has 0 fully saturated rings. The summed E-state index contributed by atoms with van der Waals surface area (Å²) in [7, 11) is 0. The molecule has 0 saturated carbocycles. The lowest BCUT2D eigenvalue weighted by Crippen LogP contribution is -2.15. The van der Waals surface area contributed by atoms with Crippen LogP contribution in [0.2, 0.25) is 0 Å². The zero-order valence-corrected chi connectivity index (χ0v) is 8.34. The van der Waals surface area contributed by atoms with Crippen molar-refractivity contribution < 1.29 is 10.2 Å². The molecule has 0 aromatic carbocycles. The van der Waals surface area contributed by atoms with Crippen LogP contribution in [0.1, 0.15) is 11.7 Å². The van der Waals surface area contributed by atoms with E-state index in [-0.39, 0.29) is 0 Å². The SMILES string of the molecule is N#CC(O)C(O)c1cscc1Br. The fourth-order valence-electron chi connectivity index (χ4n) is 0.743. The summed E-state index contributed by atoms with van der Waals surface area (Å²) in [5.41, 5.74) is 0.550. The molecule has 0 aliphatic carbocycles. The Bertz CT molecular complexity index is 307. The summed E-state index contributed by atoms with van der Waals surface area (Å²) in [5.74, 6) is 0. The molecule has 5 heteroatoms. The van der Waals surface area contributed by atoms with Gasteiger partial charge in [0.2, 0.25) is 0 Å². The van der Waals surface area contributed by atoms with Gasteiger partial charge < -0.3 is 10.2 Å². The maximum Gasteiger partial charge on any atom is 0.170 e. The lowest BCUT2D eigenvalue weighted by molar-refractivity contribution is 0.0526. The molecule has 0 amide bonds. The zero-order valence-electron chi connectivity index (χ0n) is 5.94. The maximum atomic E-state index is 9.36. The smallest absolute Gasteiger partial charge is 0.170 e. The molecule has 3 nitrogen and oxygen atoms in total. The molecule has 1 rings (SSSR count). The van der Waals surface area contributed by atoms with Crippen molar-refractivity contribution >= 4 is 27.3 Å². The Balaban J connectivity index is 2.86. The average molecular weight is 248 g/mol. The fraction of sp³-hybridized carbons (Fsp3) is 0.286. The number of thiophene rings is 1. The van der Waals surface area contributed by atoms with Gasteiger partial charge in [0.15, 0.2) is 6.10 Å². The Morgan fingerprint density at radius 2 is 2.17 bits per heavy atom. The van der Waals surface area contributed by atoms with Gasteiger partial charge in [-0.05, 0) is 21.3 Å². The molecule has 12 heavy (non-hydrogen) atoms. The van der Waals surface area contributed by atoms with Gasteiger partial charge in [-0.15, -0.1) is 0 Å². The first-order valence-electron chi connectivity index (χ1n) is 3.14. The third-order valence-corrected chi connectivity index (χ3v) is 3.14. The fourth-order valence-corrected chi connectivity index (χ4v) is 2.30. The van der Waals surface area contributed by atoms with Crippen molar-refractivity contribution in [2.45, 2.75) is 12.2 Å². The van der Waals surface area contributed by atoms with Crippen LogP contribution in [0.5, 0.6) is 0 Å². The Hall–Kier alpha value is -0.410. The molecule has 0 radical (unpaired) electrons. The summed E-state index contributed by atoms with van der Waals surface area (Å²) in [6.07, 6.45) is -2.49. The van der Waals surface area contributed by atoms with Gasteiger partial charge in [-0.2, -0.15) is 16.6 Å². The molecule has 0 spiro atoms. The Morgan fingerprint density at radius 3 is 2.58 bits per heavy atom. The van der Waals surface area contributed by atoms with Crippen LogP contribution in [0.3, 0.4) is 0 Å². The first kappa shape index (κ1) is 9.68. The predicted molar refractivity (Wildman–Crippen MR) is 48.6 cm³/mol. The summed E-state index contributed by atoms with van der Waals surface area (Å²) >= 11 is 4.59. The summed E-state index contributed by atoms with van der Waals surface area (Å²) in [4.78, 5) is 0. The van der Waals surface area contributed by atoms with Crippen LogP contribution in [-0.2, 0) is 0 Å². The maximum absolute atomic E-state index is 9.36. The summed E-state index contributed by atoms with van der Waals surface area (Å²) < 4.78 is 0.717. The van der Waals surface area contributed by atoms with Gasteiger partial charge in [-0.25, -0.2) is 0 Å². The van der Waals surface area contributed by atoms with Crippen molar-refractivity contribution in [3.8, 4) is 6.07 Å². The van der Waals surface area contributed by atoms with Gasteiger partial charge in [0.05, 0.1) is 6.07 Å². The minimum absolute atomic E-state index is 0.550. The quantitative estimate of drug-likeness (QED) is 0.778. The van der Waals surface area contributed by atoms with Crippen LogP contribution >= 0.6 is 27.3 Å². The topological polar surface area (TPSA) is 64.2 Å². The van der Waals surface area contributed by atoms with Gasteiger partial charge in [0.25, 0.3) is 0 Å². The number of hydrogen-bond donors (Lipinski definition) is 2. The molecule has 2 N–H and O–H groups in total. The predicted octanol–water partition coefficient (Wildman–Crippen LogP) is 1.43. The lowest BCUT2D eigenvalue weighted by atomic mass is 10.1. The first-order valence-corrected chi connectivity index (χ1v) is 4.87. The number of aliphatic hydroxyl groups excluding tert-OH is 2. The standard InChI is InChI=1S/C7H6BrNO2S/c8-5-3-12-2-4(5)7(11)6(10)1-9/h2-3,6-7,10-11H. The highest BCUT2D eigenvalue weighted by molar-refractivity contribution is 9.10. The molecule has 0 aliphatic rings. The Kier molecular flexibility index (Phi) is 3.23. The summed E-state index contributed by atoms with van der Waals surface area (Å²) in [6, 6.07) is 1.57. The summed E-state index contributed by atoms with van der Waals surface area (Å²) in [5, 5.41) is 30.2. The van der Waals surface area contributed by atoms with Gasteiger partial charge in [0, 0.05) is 15.4 Å². The number of hydrogen-bond acceptors (Lipinski definition) is 4. The normalized spacial score (nSPS) is 15.2. The number of nitrogens with zero attached hydrogens (tertiary/aromatic N) is 1. The van der Waals surface area contributed by atoms with E-state index in [0.717, 1.165) is 0 Å². The molecule has 2 unspecified atom stereocenters. The second-order valence-corrected chi connectivity index (χ2v) is 3.79. The van der Waals surface area contributed by atoms with E-state index < -0.39 is 12.2 Å². The third-order valence-electron chi connectivity index (χ3n) is 1.39. The molecule has 0 bridgehead atoms. The molecule has 1 aromatic heterocycles. The largest absolute Gasteiger partial charge is 0.384 e. The lowest BCUT2D eigenvalue weighted by Gasteiger charge is -2.09. The van der Waals surface area contributed by atoms with E-state index in [0.29, 0.717) is 10.0 Å². The Labute approximate surface area is 82.0 Å². The highest BCUT2D eigenvalue weighted by atomic mass is 79.9. The minimum atomic E-state index is -1.36.